The second-order valence-electron chi connectivity index (χ2n) is 5.43. The summed E-state index contributed by atoms with van der Waals surface area (Å²) in [6.45, 7) is 1.62. The van der Waals surface area contributed by atoms with Crippen LogP contribution >= 0.6 is 11.6 Å². The summed E-state index contributed by atoms with van der Waals surface area (Å²) in [7, 11) is 0. The first kappa shape index (κ1) is 17.2. The van der Waals surface area contributed by atoms with E-state index in [2.05, 4.69) is 5.10 Å². The summed E-state index contributed by atoms with van der Waals surface area (Å²) in [4.78, 5) is 12.6. The van der Waals surface area contributed by atoms with Crippen LogP contribution < -0.4 is 5.01 Å². The highest BCUT2D eigenvalue weighted by molar-refractivity contribution is 6.34. The zero-order chi connectivity index (χ0) is 18.2. The topological polar surface area (TPSA) is 32.7 Å². The largest absolute Gasteiger partial charge is 0.416 e. The van der Waals surface area contributed by atoms with Crippen LogP contribution in [0.5, 0.6) is 0 Å². The van der Waals surface area contributed by atoms with Crippen molar-refractivity contribution in [1.29, 1.82) is 0 Å². The molecule has 1 heterocycles. The average molecular weight is 365 g/mol. The van der Waals surface area contributed by atoms with E-state index in [-0.39, 0.29) is 11.3 Å². The highest BCUT2D eigenvalue weighted by Gasteiger charge is 2.33. The first-order chi connectivity index (χ1) is 11.8. The van der Waals surface area contributed by atoms with Crippen molar-refractivity contribution in [2.24, 2.45) is 5.10 Å². The average Bonchev–Trinajstić information content (AvgIpc) is 2.84. The van der Waals surface area contributed by atoms with Gasteiger partial charge in [0.1, 0.15) is 0 Å². The Morgan fingerprint density at radius 2 is 1.84 bits per heavy atom. The van der Waals surface area contributed by atoms with Crippen molar-refractivity contribution in [2.75, 3.05) is 5.01 Å². The Morgan fingerprint density at radius 3 is 2.52 bits per heavy atom. The lowest BCUT2D eigenvalue weighted by Gasteiger charge is -2.14. The SMILES string of the molecule is CC1=NN(c2cccc(C(F)(F)F)c2)C(=O)C1=Cc1ccccc1Cl. The molecule has 0 atom stereocenters. The molecule has 25 heavy (non-hydrogen) atoms. The van der Waals surface area contributed by atoms with Crippen molar-refractivity contribution in [1.82, 2.24) is 0 Å². The predicted molar refractivity (Wildman–Crippen MR) is 91.5 cm³/mol. The van der Waals surface area contributed by atoms with Crippen LogP contribution in [0, 0.1) is 0 Å². The third kappa shape index (κ3) is 3.44. The standard InChI is InChI=1S/C18H12ClF3N2O/c1-11-15(9-12-5-2-3-8-16(12)19)17(25)24(23-11)14-7-4-6-13(10-14)18(20,21)22/h2-10H,1H3. The van der Waals surface area contributed by atoms with E-state index in [4.69, 9.17) is 11.6 Å². The first-order valence-corrected chi connectivity index (χ1v) is 7.68. The second kappa shape index (κ2) is 6.37. The molecule has 128 valence electrons. The van der Waals surface area contributed by atoms with Gasteiger partial charge in [0.25, 0.3) is 5.91 Å². The normalized spacial score (nSPS) is 16.5. The van der Waals surface area contributed by atoms with Gasteiger partial charge in [-0.25, -0.2) is 0 Å². The molecule has 0 saturated heterocycles. The van der Waals surface area contributed by atoms with Gasteiger partial charge in [-0.1, -0.05) is 35.9 Å². The minimum Gasteiger partial charge on any atom is -0.267 e. The third-order valence-corrected chi connectivity index (χ3v) is 4.03. The van der Waals surface area contributed by atoms with Gasteiger partial charge in [-0.2, -0.15) is 23.3 Å². The van der Waals surface area contributed by atoms with Crippen LogP contribution in [-0.2, 0) is 11.0 Å². The van der Waals surface area contributed by atoms with Crippen LogP contribution in [-0.4, -0.2) is 11.6 Å². The minimum atomic E-state index is -4.49. The van der Waals surface area contributed by atoms with Gasteiger partial charge in [0.05, 0.1) is 22.5 Å². The maximum Gasteiger partial charge on any atom is 0.416 e. The van der Waals surface area contributed by atoms with Crippen LogP contribution in [0.15, 0.2) is 59.2 Å². The Labute approximate surface area is 147 Å². The van der Waals surface area contributed by atoms with Crippen molar-refractivity contribution in [3.8, 4) is 0 Å². The molecule has 0 aliphatic carbocycles. The molecule has 0 saturated carbocycles. The van der Waals surface area contributed by atoms with Crippen molar-refractivity contribution < 1.29 is 18.0 Å². The number of hydrogen-bond acceptors (Lipinski definition) is 2. The van der Waals surface area contributed by atoms with E-state index in [1.165, 1.54) is 12.1 Å². The number of amides is 1. The lowest BCUT2D eigenvalue weighted by Crippen LogP contribution is -2.21. The van der Waals surface area contributed by atoms with Crippen molar-refractivity contribution in [3.05, 3.63) is 70.3 Å². The molecule has 3 rings (SSSR count). The van der Waals surface area contributed by atoms with Crippen LogP contribution in [0.1, 0.15) is 18.1 Å². The number of nitrogens with zero attached hydrogens (tertiary/aromatic N) is 2. The van der Waals surface area contributed by atoms with Gasteiger partial charge in [0.2, 0.25) is 0 Å². The van der Waals surface area contributed by atoms with Gasteiger partial charge >= 0.3 is 6.18 Å². The van der Waals surface area contributed by atoms with Gasteiger partial charge in [-0.3, -0.25) is 4.79 Å². The molecule has 0 fully saturated rings. The number of carbonyl (C=O) groups excluding carboxylic acids is 1. The Bertz CT molecular complexity index is 903. The summed E-state index contributed by atoms with van der Waals surface area (Å²) in [6.07, 6.45) is -2.91. The molecule has 0 unspecified atom stereocenters. The Balaban J connectivity index is 1.98. The van der Waals surface area contributed by atoms with Gasteiger partial charge < -0.3 is 0 Å². The molecule has 0 radical (unpaired) electrons. The molecule has 1 aliphatic rings. The number of alkyl halides is 3. The van der Waals surface area contributed by atoms with E-state index in [1.54, 1.807) is 37.3 Å². The van der Waals surface area contributed by atoms with E-state index in [0.29, 0.717) is 16.3 Å². The molecule has 2 aromatic rings. The molecule has 2 aromatic carbocycles. The van der Waals surface area contributed by atoms with Crippen LogP contribution in [0.25, 0.3) is 6.08 Å². The zero-order valence-electron chi connectivity index (χ0n) is 13.0. The molecule has 0 N–H and O–H groups in total. The Hall–Kier alpha value is -2.60. The molecule has 3 nitrogen and oxygen atoms in total. The van der Waals surface area contributed by atoms with Gasteiger partial charge in [0, 0.05) is 5.02 Å². The summed E-state index contributed by atoms with van der Waals surface area (Å²) in [5.41, 5.74) is 0.539. The molecule has 1 aliphatic heterocycles. The van der Waals surface area contributed by atoms with Crippen LogP contribution in [0.4, 0.5) is 18.9 Å². The number of anilines is 1. The van der Waals surface area contributed by atoms with Crippen molar-refractivity contribution in [2.45, 2.75) is 13.1 Å². The lowest BCUT2D eigenvalue weighted by molar-refractivity contribution is -0.137. The van der Waals surface area contributed by atoms with Crippen LogP contribution in [0.3, 0.4) is 0 Å². The maximum atomic E-state index is 12.9. The van der Waals surface area contributed by atoms with Crippen molar-refractivity contribution >= 4 is 35.0 Å². The first-order valence-electron chi connectivity index (χ1n) is 7.31. The van der Waals surface area contributed by atoms with Gasteiger partial charge in [-0.15, -0.1) is 0 Å². The monoisotopic (exact) mass is 364 g/mol. The molecular weight excluding hydrogens is 353 g/mol. The number of hydrazone groups is 1. The summed E-state index contributed by atoms with van der Waals surface area (Å²) in [5, 5.41) is 5.52. The fourth-order valence-corrected chi connectivity index (χ4v) is 2.61. The number of carbonyl (C=O) groups is 1. The Kier molecular flexibility index (Phi) is 4.39. The van der Waals surface area contributed by atoms with E-state index < -0.39 is 17.6 Å². The zero-order valence-corrected chi connectivity index (χ0v) is 13.8. The number of benzene rings is 2. The highest BCUT2D eigenvalue weighted by Crippen LogP contribution is 2.33. The predicted octanol–water partition coefficient (Wildman–Crippen LogP) is 5.16. The summed E-state index contributed by atoms with van der Waals surface area (Å²) in [6, 6.07) is 11.4. The third-order valence-electron chi connectivity index (χ3n) is 3.69. The van der Waals surface area contributed by atoms with Gasteiger partial charge in [0.15, 0.2) is 0 Å². The maximum absolute atomic E-state index is 12.9. The van der Waals surface area contributed by atoms with Crippen LogP contribution in [0.2, 0.25) is 5.02 Å². The number of rotatable bonds is 2. The fourth-order valence-electron chi connectivity index (χ4n) is 2.42. The molecule has 7 heteroatoms. The molecule has 0 spiro atoms. The summed E-state index contributed by atoms with van der Waals surface area (Å²) < 4.78 is 38.6. The number of halogens is 4. The molecule has 0 bridgehead atoms. The van der Waals surface area contributed by atoms with E-state index in [9.17, 15) is 18.0 Å². The Morgan fingerprint density at radius 1 is 1.12 bits per heavy atom. The molecule has 1 amide bonds. The fraction of sp³-hybridized carbons (Fsp3) is 0.111. The van der Waals surface area contributed by atoms with E-state index in [0.717, 1.165) is 17.1 Å². The lowest BCUT2D eigenvalue weighted by atomic mass is 10.1. The smallest absolute Gasteiger partial charge is 0.267 e. The minimum absolute atomic E-state index is 0.0572. The van der Waals surface area contributed by atoms with Gasteiger partial charge in [-0.05, 0) is 42.8 Å². The highest BCUT2D eigenvalue weighted by atomic mass is 35.5. The quantitative estimate of drug-likeness (QED) is 0.677. The molecular formula is C18H12ClF3N2O. The summed E-state index contributed by atoms with van der Waals surface area (Å²) >= 11 is 6.09. The van der Waals surface area contributed by atoms with E-state index >= 15 is 0 Å². The molecule has 0 aromatic heterocycles. The second-order valence-corrected chi connectivity index (χ2v) is 5.84. The number of hydrogen-bond donors (Lipinski definition) is 0. The van der Waals surface area contributed by atoms with E-state index in [1.807, 2.05) is 0 Å². The van der Waals surface area contributed by atoms with Crippen molar-refractivity contribution in [3.63, 3.8) is 0 Å². The summed E-state index contributed by atoms with van der Waals surface area (Å²) in [5.74, 6) is -0.503.